The highest BCUT2D eigenvalue weighted by Crippen LogP contribution is 2.38. The summed E-state index contributed by atoms with van der Waals surface area (Å²) in [5, 5.41) is 6.44. The molecule has 0 saturated carbocycles. The molecule has 2 fully saturated rings. The highest BCUT2D eigenvalue weighted by atomic mass is 127. The van der Waals surface area contributed by atoms with Crippen molar-refractivity contribution in [3.05, 3.63) is 35.4 Å². The first-order valence-corrected chi connectivity index (χ1v) is 10.3. The van der Waals surface area contributed by atoms with Crippen LogP contribution in [0.4, 0.5) is 0 Å². The lowest BCUT2D eigenvalue weighted by molar-refractivity contribution is 0.0919. The van der Waals surface area contributed by atoms with E-state index < -0.39 is 0 Å². The Morgan fingerprint density at radius 1 is 1.31 bits per heavy atom. The second-order valence-corrected chi connectivity index (χ2v) is 9.05. The van der Waals surface area contributed by atoms with Crippen molar-refractivity contribution in [3.63, 3.8) is 0 Å². The van der Waals surface area contributed by atoms with E-state index in [0.717, 1.165) is 50.8 Å². The quantitative estimate of drug-likeness (QED) is 0.367. The number of hydrogen-bond acceptors (Lipinski definition) is 3. The number of ether oxygens (including phenoxy) is 1. The molecular formula is C22H35IN4O2. The van der Waals surface area contributed by atoms with Gasteiger partial charge < -0.3 is 20.3 Å². The number of carbonyl (C=O) groups excluding carboxylic acids is 1. The summed E-state index contributed by atoms with van der Waals surface area (Å²) in [7, 11) is 0. The van der Waals surface area contributed by atoms with Gasteiger partial charge >= 0.3 is 0 Å². The van der Waals surface area contributed by atoms with Crippen LogP contribution in [-0.2, 0) is 11.3 Å². The molecule has 2 N–H and O–H groups in total. The first-order valence-electron chi connectivity index (χ1n) is 10.3. The molecule has 1 aromatic carbocycles. The summed E-state index contributed by atoms with van der Waals surface area (Å²) in [5.41, 5.74) is 1.77. The van der Waals surface area contributed by atoms with Gasteiger partial charge in [-0.3, -0.25) is 4.79 Å². The molecule has 0 aromatic heterocycles. The van der Waals surface area contributed by atoms with Crippen molar-refractivity contribution >= 4 is 35.8 Å². The zero-order chi connectivity index (χ0) is 20.2. The van der Waals surface area contributed by atoms with Crippen LogP contribution in [0.2, 0.25) is 0 Å². The van der Waals surface area contributed by atoms with Crippen LogP contribution in [0.25, 0.3) is 0 Å². The van der Waals surface area contributed by atoms with Crippen molar-refractivity contribution < 1.29 is 9.53 Å². The number of benzene rings is 1. The summed E-state index contributed by atoms with van der Waals surface area (Å²) >= 11 is 0. The molecule has 0 radical (unpaired) electrons. The number of carbonyl (C=O) groups is 1. The van der Waals surface area contributed by atoms with E-state index in [1.54, 1.807) is 0 Å². The van der Waals surface area contributed by atoms with Crippen LogP contribution in [0.1, 0.15) is 56.5 Å². The van der Waals surface area contributed by atoms with Crippen molar-refractivity contribution in [1.82, 2.24) is 15.5 Å². The Labute approximate surface area is 191 Å². The molecule has 1 atom stereocenters. The number of nitrogens with one attached hydrogen (secondary N) is 2. The van der Waals surface area contributed by atoms with Crippen molar-refractivity contribution in [3.8, 4) is 0 Å². The van der Waals surface area contributed by atoms with E-state index in [0.29, 0.717) is 17.5 Å². The standard InChI is InChI=1S/C22H34N4O2.HI/c1-5-23-20(26-11-9-22(15-26)10-12-28-16-22)24-14-17-7-6-8-18(13-17)19(27)25-21(2,3)4;/h6-8,13H,5,9-12,14-16H2,1-4H3,(H,23,24)(H,25,27);1H. The second-order valence-electron chi connectivity index (χ2n) is 9.05. The maximum absolute atomic E-state index is 12.4. The lowest BCUT2D eigenvalue weighted by Gasteiger charge is -2.25. The molecule has 3 rings (SSSR count). The van der Waals surface area contributed by atoms with E-state index in [2.05, 4.69) is 22.5 Å². The van der Waals surface area contributed by atoms with Gasteiger partial charge in [-0.25, -0.2) is 4.99 Å². The minimum atomic E-state index is -0.251. The fraction of sp³-hybridized carbons (Fsp3) is 0.636. The predicted molar refractivity (Wildman–Crippen MR) is 128 cm³/mol. The Morgan fingerprint density at radius 3 is 2.76 bits per heavy atom. The molecule has 2 aliphatic heterocycles. The zero-order valence-corrected chi connectivity index (χ0v) is 20.4. The molecule has 7 heteroatoms. The fourth-order valence-corrected chi connectivity index (χ4v) is 3.90. The van der Waals surface area contributed by atoms with Gasteiger partial charge in [-0.2, -0.15) is 0 Å². The van der Waals surface area contributed by atoms with Crippen molar-refractivity contribution in [1.29, 1.82) is 0 Å². The largest absolute Gasteiger partial charge is 0.381 e. The van der Waals surface area contributed by atoms with Crippen LogP contribution >= 0.6 is 24.0 Å². The SMILES string of the molecule is CCNC(=NCc1cccc(C(=O)NC(C)(C)C)c1)N1CCC2(CCOC2)C1.I. The maximum atomic E-state index is 12.4. The monoisotopic (exact) mass is 514 g/mol. The Hall–Kier alpha value is -1.35. The predicted octanol–water partition coefficient (Wildman–Crippen LogP) is 3.41. The van der Waals surface area contributed by atoms with Crippen molar-refractivity contribution in [2.24, 2.45) is 10.4 Å². The minimum Gasteiger partial charge on any atom is -0.381 e. The van der Waals surface area contributed by atoms with Gasteiger partial charge in [0.15, 0.2) is 5.96 Å². The van der Waals surface area contributed by atoms with Gasteiger partial charge in [-0.1, -0.05) is 12.1 Å². The molecule has 162 valence electrons. The topological polar surface area (TPSA) is 66.0 Å². The second kappa shape index (κ2) is 10.1. The summed E-state index contributed by atoms with van der Waals surface area (Å²) in [6.45, 7) is 13.2. The Morgan fingerprint density at radius 2 is 2.10 bits per heavy atom. The number of hydrogen-bond donors (Lipinski definition) is 2. The van der Waals surface area contributed by atoms with Crippen LogP contribution in [0.5, 0.6) is 0 Å². The molecule has 0 bridgehead atoms. The molecule has 1 unspecified atom stereocenters. The van der Waals surface area contributed by atoms with E-state index >= 15 is 0 Å². The number of likely N-dealkylation sites (tertiary alicyclic amines) is 1. The lowest BCUT2D eigenvalue weighted by Crippen LogP contribution is -2.41. The highest BCUT2D eigenvalue weighted by Gasteiger charge is 2.42. The number of nitrogens with zero attached hydrogens (tertiary/aromatic N) is 2. The van der Waals surface area contributed by atoms with Crippen LogP contribution in [0.3, 0.4) is 0 Å². The highest BCUT2D eigenvalue weighted by molar-refractivity contribution is 14.0. The first-order chi connectivity index (χ1) is 13.3. The Balaban J connectivity index is 0.00000300. The molecule has 2 saturated heterocycles. The number of halogens is 1. The number of rotatable bonds is 4. The third-order valence-corrected chi connectivity index (χ3v) is 5.35. The smallest absolute Gasteiger partial charge is 0.251 e. The van der Waals surface area contributed by atoms with Gasteiger partial charge in [0.05, 0.1) is 13.2 Å². The molecule has 0 aliphatic carbocycles. The lowest BCUT2D eigenvalue weighted by atomic mass is 9.87. The molecular weight excluding hydrogens is 479 g/mol. The van der Waals surface area contributed by atoms with Gasteiger partial charge in [0.25, 0.3) is 5.91 Å². The molecule has 2 heterocycles. The van der Waals surface area contributed by atoms with Gasteiger partial charge in [0.1, 0.15) is 0 Å². The summed E-state index contributed by atoms with van der Waals surface area (Å²) in [6.07, 6.45) is 2.31. The van der Waals surface area contributed by atoms with Crippen molar-refractivity contribution in [2.45, 2.75) is 52.6 Å². The first kappa shape index (κ1) is 23.9. The Kier molecular flexibility index (Phi) is 8.34. The van der Waals surface area contributed by atoms with Crippen LogP contribution in [0, 0.1) is 5.41 Å². The van der Waals surface area contributed by atoms with E-state index in [9.17, 15) is 4.79 Å². The van der Waals surface area contributed by atoms with E-state index in [1.807, 2.05) is 45.0 Å². The fourth-order valence-electron chi connectivity index (χ4n) is 3.90. The average molecular weight is 514 g/mol. The van der Waals surface area contributed by atoms with E-state index in [1.165, 1.54) is 6.42 Å². The average Bonchev–Trinajstić information content (AvgIpc) is 3.27. The summed E-state index contributed by atoms with van der Waals surface area (Å²) in [6, 6.07) is 7.74. The number of guanidine groups is 1. The number of aliphatic imine (C=N–C) groups is 1. The molecule has 6 nitrogen and oxygen atoms in total. The maximum Gasteiger partial charge on any atom is 0.251 e. The van der Waals surface area contributed by atoms with Gasteiger partial charge in [-0.05, 0) is 58.2 Å². The van der Waals surface area contributed by atoms with E-state index in [-0.39, 0.29) is 35.4 Å². The number of amides is 1. The van der Waals surface area contributed by atoms with Crippen LogP contribution in [0.15, 0.2) is 29.3 Å². The van der Waals surface area contributed by atoms with Crippen LogP contribution < -0.4 is 10.6 Å². The zero-order valence-electron chi connectivity index (χ0n) is 18.1. The molecule has 1 aromatic rings. The van der Waals surface area contributed by atoms with Gasteiger partial charge in [0, 0.05) is 42.8 Å². The van der Waals surface area contributed by atoms with Gasteiger partial charge in [0.2, 0.25) is 0 Å². The van der Waals surface area contributed by atoms with Gasteiger partial charge in [-0.15, -0.1) is 24.0 Å². The van der Waals surface area contributed by atoms with Crippen molar-refractivity contribution in [2.75, 3.05) is 32.8 Å². The minimum absolute atomic E-state index is 0. The summed E-state index contributed by atoms with van der Waals surface area (Å²) in [4.78, 5) is 19.6. The normalized spacial score (nSPS) is 21.9. The Bertz CT molecular complexity index is 724. The summed E-state index contributed by atoms with van der Waals surface area (Å²) in [5.74, 6) is 0.906. The third kappa shape index (κ3) is 6.57. The van der Waals surface area contributed by atoms with E-state index in [4.69, 9.17) is 9.73 Å². The molecule has 1 amide bonds. The third-order valence-electron chi connectivity index (χ3n) is 5.35. The van der Waals surface area contributed by atoms with Crippen LogP contribution in [-0.4, -0.2) is 55.2 Å². The summed E-state index contributed by atoms with van der Waals surface area (Å²) < 4.78 is 5.64. The molecule has 2 aliphatic rings. The molecule has 1 spiro atoms. The molecule has 29 heavy (non-hydrogen) atoms.